The first-order valence-electron chi connectivity index (χ1n) is 9.39. The summed E-state index contributed by atoms with van der Waals surface area (Å²) < 4.78 is 2.35. The summed E-state index contributed by atoms with van der Waals surface area (Å²) in [5.74, 6) is 0. The molecule has 0 fully saturated rings. The fourth-order valence-electron chi connectivity index (χ4n) is 4.15. The molecule has 2 aromatic heterocycles. The Balaban J connectivity index is 1.98. The van der Waals surface area contributed by atoms with Crippen molar-refractivity contribution in [1.82, 2.24) is 9.38 Å². The SMILES string of the molecule is CCCP(C)(=[Se])c1ccc2nc3c4ccccc4c4ccccc4n3c2c1. The monoisotopic (exact) mass is 436 g/mol. The maximum atomic E-state index is 5.03. The second kappa shape index (κ2) is 6.31. The number of aromatic nitrogens is 2. The zero-order chi connectivity index (χ0) is 18.6. The van der Waals surface area contributed by atoms with E-state index in [1.807, 2.05) is 0 Å². The van der Waals surface area contributed by atoms with Gasteiger partial charge in [-0.25, -0.2) is 0 Å². The van der Waals surface area contributed by atoms with E-state index >= 15 is 0 Å². The van der Waals surface area contributed by atoms with Crippen molar-refractivity contribution >= 4 is 64.3 Å². The molecule has 0 amide bonds. The van der Waals surface area contributed by atoms with Crippen molar-refractivity contribution in [3.63, 3.8) is 0 Å². The molecular formula is C23H21N2PSe. The Morgan fingerprint density at radius 2 is 1.59 bits per heavy atom. The van der Waals surface area contributed by atoms with Crippen molar-refractivity contribution in [1.29, 1.82) is 0 Å². The summed E-state index contributed by atoms with van der Waals surface area (Å²) in [6, 6.07) is 24.1. The summed E-state index contributed by atoms with van der Waals surface area (Å²) in [6.07, 6.45) is 2.44. The zero-order valence-corrected chi connectivity index (χ0v) is 18.1. The van der Waals surface area contributed by atoms with Crippen LogP contribution in [0.2, 0.25) is 0 Å². The molecule has 0 saturated carbocycles. The number of nitrogens with zero attached hydrogens (tertiary/aromatic N) is 2. The number of hydrogen-bond donors (Lipinski definition) is 0. The number of imidazole rings is 1. The zero-order valence-electron chi connectivity index (χ0n) is 15.5. The van der Waals surface area contributed by atoms with Gasteiger partial charge in [0.2, 0.25) is 0 Å². The Bertz CT molecular complexity index is 1380. The number of fused-ring (bicyclic) bond motifs is 8. The normalized spacial score (nSPS) is 14.3. The van der Waals surface area contributed by atoms with Crippen molar-refractivity contribution < 1.29 is 0 Å². The number of pyridine rings is 1. The molecule has 27 heavy (non-hydrogen) atoms. The molecule has 2 heterocycles. The summed E-state index contributed by atoms with van der Waals surface area (Å²) in [6.45, 7) is 4.66. The van der Waals surface area contributed by atoms with E-state index in [9.17, 15) is 0 Å². The average molecular weight is 435 g/mol. The molecule has 0 N–H and O–H groups in total. The van der Waals surface area contributed by atoms with Gasteiger partial charge in [0, 0.05) is 0 Å². The third kappa shape index (κ3) is 2.61. The van der Waals surface area contributed by atoms with Crippen molar-refractivity contribution in [3.05, 3.63) is 66.7 Å². The topological polar surface area (TPSA) is 17.3 Å². The van der Waals surface area contributed by atoms with E-state index in [1.54, 1.807) is 0 Å². The van der Waals surface area contributed by atoms with Gasteiger partial charge >= 0.3 is 167 Å². The maximum absolute atomic E-state index is 5.03. The summed E-state index contributed by atoms with van der Waals surface area (Å²) in [5, 5.41) is 5.20. The molecule has 0 bridgehead atoms. The molecule has 0 spiro atoms. The molecular weight excluding hydrogens is 414 g/mol. The van der Waals surface area contributed by atoms with Gasteiger partial charge in [0.1, 0.15) is 0 Å². The minimum absolute atomic E-state index is 1.05. The summed E-state index contributed by atoms with van der Waals surface area (Å²) in [4.78, 5) is 5.03. The molecule has 0 aliphatic heterocycles. The van der Waals surface area contributed by atoms with Gasteiger partial charge in [0.15, 0.2) is 0 Å². The molecule has 3 aromatic carbocycles. The molecule has 0 saturated heterocycles. The van der Waals surface area contributed by atoms with Crippen LogP contribution in [0.1, 0.15) is 13.3 Å². The van der Waals surface area contributed by atoms with Crippen molar-refractivity contribution in [3.8, 4) is 0 Å². The predicted molar refractivity (Wildman–Crippen MR) is 121 cm³/mol. The number of para-hydroxylation sites is 1. The van der Waals surface area contributed by atoms with Crippen LogP contribution in [-0.2, 0) is 0 Å². The molecule has 0 aliphatic rings. The van der Waals surface area contributed by atoms with E-state index in [2.05, 4.69) is 99.8 Å². The van der Waals surface area contributed by atoms with E-state index in [-0.39, 0.29) is 0 Å². The van der Waals surface area contributed by atoms with E-state index in [1.165, 1.54) is 45.1 Å². The first kappa shape index (κ1) is 17.2. The average Bonchev–Trinajstić information content (AvgIpc) is 3.07. The quantitative estimate of drug-likeness (QED) is 0.206. The molecule has 0 radical (unpaired) electrons. The molecule has 5 rings (SSSR count). The van der Waals surface area contributed by atoms with Crippen molar-refractivity contribution in [2.45, 2.75) is 13.3 Å². The van der Waals surface area contributed by atoms with Gasteiger partial charge in [0.25, 0.3) is 0 Å². The van der Waals surface area contributed by atoms with Gasteiger partial charge in [-0.05, 0) is 0 Å². The van der Waals surface area contributed by atoms with Crippen LogP contribution in [0.15, 0.2) is 66.7 Å². The Labute approximate surface area is 166 Å². The van der Waals surface area contributed by atoms with Gasteiger partial charge in [-0.3, -0.25) is 0 Å². The van der Waals surface area contributed by atoms with Gasteiger partial charge in [0.05, 0.1) is 0 Å². The van der Waals surface area contributed by atoms with Crippen LogP contribution < -0.4 is 5.30 Å². The second-order valence-corrected chi connectivity index (χ2v) is 15.6. The first-order valence-corrected chi connectivity index (χ1v) is 14.0. The van der Waals surface area contributed by atoms with E-state index in [0.717, 1.165) is 11.2 Å². The fourth-order valence-corrected chi connectivity index (χ4v) is 7.91. The van der Waals surface area contributed by atoms with Crippen LogP contribution in [0, 0.1) is 0 Å². The van der Waals surface area contributed by atoms with Gasteiger partial charge in [-0.15, -0.1) is 0 Å². The number of rotatable bonds is 3. The fraction of sp³-hybridized carbons (Fsp3) is 0.174. The Hall–Kier alpha value is -1.92. The van der Waals surface area contributed by atoms with Gasteiger partial charge < -0.3 is 0 Å². The molecule has 5 aromatic rings. The summed E-state index contributed by atoms with van der Waals surface area (Å²) in [7, 11) is 0. The standard InChI is InChI=1S/C23H21N2PSe/c1-3-14-26(2,27)16-12-13-20-22(15-16)25-21-11-7-6-9-18(21)17-8-4-5-10-19(17)23(25)24-20/h4-13,15H,3,14H2,1-2H3. The van der Waals surface area contributed by atoms with E-state index in [4.69, 9.17) is 4.98 Å². The van der Waals surface area contributed by atoms with E-state index < -0.39 is 5.51 Å². The molecule has 1 atom stereocenters. The van der Waals surface area contributed by atoms with Gasteiger partial charge in [-0.2, -0.15) is 0 Å². The first-order chi connectivity index (χ1) is 13.1. The predicted octanol–water partition coefficient (Wildman–Crippen LogP) is 5.56. The van der Waals surface area contributed by atoms with E-state index in [0.29, 0.717) is 0 Å². The van der Waals surface area contributed by atoms with Gasteiger partial charge in [-0.1, -0.05) is 0 Å². The van der Waals surface area contributed by atoms with Crippen molar-refractivity contribution in [2.24, 2.45) is 0 Å². The third-order valence-corrected chi connectivity index (χ3v) is 10.6. The number of hydrogen-bond acceptors (Lipinski definition) is 1. The molecule has 0 aliphatic carbocycles. The Kier molecular flexibility index (Phi) is 4.02. The van der Waals surface area contributed by atoms with Crippen LogP contribution in [0.4, 0.5) is 0 Å². The number of benzene rings is 3. The summed E-state index contributed by atoms with van der Waals surface area (Å²) in [5.41, 5.74) is 3.32. The van der Waals surface area contributed by atoms with Crippen molar-refractivity contribution in [2.75, 3.05) is 12.8 Å². The van der Waals surface area contributed by atoms with Crippen LogP contribution in [0.5, 0.6) is 0 Å². The molecule has 134 valence electrons. The minimum atomic E-state index is -1.23. The molecule has 4 heteroatoms. The van der Waals surface area contributed by atoms with Crippen LogP contribution in [0.3, 0.4) is 0 Å². The molecule has 1 unspecified atom stereocenters. The third-order valence-electron chi connectivity index (χ3n) is 5.44. The van der Waals surface area contributed by atoms with Crippen LogP contribution >= 0.6 is 5.51 Å². The second-order valence-electron chi connectivity index (χ2n) is 7.33. The Morgan fingerprint density at radius 1 is 0.889 bits per heavy atom. The van der Waals surface area contributed by atoms with Crippen LogP contribution in [-0.4, -0.2) is 37.3 Å². The van der Waals surface area contributed by atoms with Crippen LogP contribution in [0.25, 0.3) is 38.4 Å². The Morgan fingerprint density at radius 3 is 2.37 bits per heavy atom. The summed E-state index contributed by atoms with van der Waals surface area (Å²) >= 11 is 3.52. The molecule has 2 nitrogen and oxygen atoms in total.